The van der Waals surface area contributed by atoms with Crippen molar-refractivity contribution in [1.29, 1.82) is 0 Å². The molecule has 2 rings (SSSR count). The summed E-state index contributed by atoms with van der Waals surface area (Å²) in [4.78, 5) is 13.1. The summed E-state index contributed by atoms with van der Waals surface area (Å²) in [6, 6.07) is 7.62. The summed E-state index contributed by atoms with van der Waals surface area (Å²) in [7, 11) is 2.15. The van der Waals surface area contributed by atoms with Crippen molar-refractivity contribution in [1.82, 2.24) is 10.2 Å². The second-order valence-corrected chi connectivity index (χ2v) is 4.98. The van der Waals surface area contributed by atoms with Crippen LogP contribution in [0, 0.1) is 0 Å². The van der Waals surface area contributed by atoms with Crippen molar-refractivity contribution >= 4 is 5.97 Å². The number of hydrogen-bond donors (Lipinski definition) is 2. The van der Waals surface area contributed by atoms with Crippen LogP contribution in [0.25, 0.3) is 0 Å². The number of likely N-dealkylation sites (N-methyl/N-ethyl adjacent to an activating group) is 1. The Bertz CT molecular complexity index is 403. The highest BCUT2D eigenvalue weighted by molar-refractivity contribution is 5.87. The lowest BCUT2D eigenvalue weighted by molar-refractivity contribution is 0.0697. The van der Waals surface area contributed by atoms with Crippen LogP contribution in [-0.2, 0) is 6.54 Å². The van der Waals surface area contributed by atoms with Gasteiger partial charge in [-0.15, -0.1) is 0 Å². The number of nitrogens with one attached hydrogen (secondary N) is 1. The minimum Gasteiger partial charge on any atom is -0.478 e. The molecule has 1 aliphatic heterocycles. The summed E-state index contributed by atoms with van der Waals surface area (Å²) in [5.74, 6) is -0.872. The Kier molecular flexibility index (Phi) is 4.33. The van der Waals surface area contributed by atoms with Gasteiger partial charge in [0.15, 0.2) is 0 Å². The van der Waals surface area contributed by atoms with Gasteiger partial charge in [0.2, 0.25) is 0 Å². The average Bonchev–Trinajstić information content (AvgIpc) is 2.37. The molecular weight excluding hydrogens is 228 g/mol. The topological polar surface area (TPSA) is 52.6 Å². The van der Waals surface area contributed by atoms with Crippen molar-refractivity contribution in [2.75, 3.05) is 20.1 Å². The van der Waals surface area contributed by atoms with Crippen molar-refractivity contribution in [3.8, 4) is 0 Å². The normalized spacial score (nSPS) is 20.8. The molecule has 98 valence electrons. The van der Waals surface area contributed by atoms with E-state index in [-0.39, 0.29) is 0 Å². The number of benzene rings is 1. The molecule has 1 fully saturated rings. The predicted molar refractivity (Wildman–Crippen MR) is 70.8 cm³/mol. The number of likely N-dealkylation sites (tertiary alicyclic amines) is 1. The Morgan fingerprint density at radius 1 is 1.44 bits per heavy atom. The van der Waals surface area contributed by atoms with E-state index in [1.807, 2.05) is 12.1 Å². The molecule has 1 atom stereocenters. The molecule has 18 heavy (non-hydrogen) atoms. The Morgan fingerprint density at radius 3 is 2.78 bits per heavy atom. The lowest BCUT2D eigenvalue weighted by Gasteiger charge is -2.30. The van der Waals surface area contributed by atoms with Crippen molar-refractivity contribution in [2.24, 2.45) is 0 Å². The Labute approximate surface area is 108 Å². The summed E-state index contributed by atoms with van der Waals surface area (Å²) >= 11 is 0. The maximum Gasteiger partial charge on any atom is 0.335 e. The first-order chi connectivity index (χ1) is 8.65. The highest BCUT2D eigenvalue weighted by atomic mass is 16.4. The summed E-state index contributed by atoms with van der Waals surface area (Å²) in [6.07, 6.45) is 2.46. The van der Waals surface area contributed by atoms with E-state index in [1.54, 1.807) is 12.1 Å². The molecule has 1 aromatic rings. The molecule has 1 aliphatic rings. The van der Waals surface area contributed by atoms with E-state index in [2.05, 4.69) is 17.3 Å². The van der Waals surface area contributed by atoms with Gasteiger partial charge in [-0.05, 0) is 44.1 Å². The molecule has 1 aromatic carbocycles. The number of hydrogen-bond acceptors (Lipinski definition) is 3. The number of carboxylic acid groups (broad SMARTS) is 1. The Morgan fingerprint density at radius 2 is 2.17 bits per heavy atom. The van der Waals surface area contributed by atoms with Crippen LogP contribution in [0.3, 0.4) is 0 Å². The maximum atomic E-state index is 10.7. The number of carbonyl (C=O) groups is 1. The third kappa shape index (κ3) is 3.55. The van der Waals surface area contributed by atoms with Crippen molar-refractivity contribution in [3.05, 3.63) is 35.4 Å². The van der Waals surface area contributed by atoms with E-state index in [9.17, 15) is 4.79 Å². The van der Waals surface area contributed by atoms with E-state index in [0.717, 1.165) is 18.7 Å². The highest BCUT2D eigenvalue weighted by Gasteiger charge is 2.16. The lowest BCUT2D eigenvalue weighted by atomic mass is 10.1. The first-order valence-electron chi connectivity index (χ1n) is 6.39. The zero-order valence-corrected chi connectivity index (χ0v) is 10.7. The molecule has 0 spiro atoms. The van der Waals surface area contributed by atoms with E-state index in [4.69, 9.17) is 5.11 Å². The second-order valence-electron chi connectivity index (χ2n) is 4.98. The van der Waals surface area contributed by atoms with E-state index in [0.29, 0.717) is 11.6 Å². The van der Waals surface area contributed by atoms with Gasteiger partial charge in [-0.1, -0.05) is 12.1 Å². The number of rotatable bonds is 4. The van der Waals surface area contributed by atoms with Gasteiger partial charge in [-0.25, -0.2) is 4.79 Å². The van der Waals surface area contributed by atoms with Crippen LogP contribution < -0.4 is 5.32 Å². The molecule has 1 unspecified atom stereocenters. The molecule has 4 nitrogen and oxygen atoms in total. The molecule has 0 radical (unpaired) electrons. The van der Waals surface area contributed by atoms with Gasteiger partial charge >= 0.3 is 5.97 Å². The number of nitrogens with zero attached hydrogens (tertiary/aromatic N) is 1. The van der Waals surface area contributed by atoms with Crippen LogP contribution >= 0.6 is 0 Å². The third-order valence-electron chi connectivity index (χ3n) is 3.42. The fourth-order valence-electron chi connectivity index (χ4n) is 2.36. The molecule has 4 heteroatoms. The van der Waals surface area contributed by atoms with E-state index < -0.39 is 5.97 Å². The molecule has 1 heterocycles. The van der Waals surface area contributed by atoms with Crippen LogP contribution in [-0.4, -0.2) is 42.2 Å². The summed E-state index contributed by atoms with van der Waals surface area (Å²) in [5.41, 5.74) is 1.48. The van der Waals surface area contributed by atoms with Gasteiger partial charge in [0, 0.05) is 19.1 Å². The quantitative estimate of drug-likeness (QED) is 0.849. The summed E-state index contributed by atoms with van der Waals surface area (Å²) < 4.78 is 0. The Balaban J connectivity index is 1.84. The average molecular weight is 248 g/mol. The Hall–Kier alpha value is -1.39. The van der Waals surface area contributed by atoms with Crippen LogP contribution in [0.5, 0.6) is 0 Å². The summed E-state index contributed by atoms with van der Waals surface area (Å²) in [6.45, 7) is 3.08. The van der Waals surface area contributed by atoms with Gasteiger partial charge in [0.05, 0.1) is 5.56 Å². The van der Waals surface area contributed by atoms with Crippen LogP contribution in [0.1, 0.15) is 28.8 Å². The zero-order chi connectivity index (χ0) is 13.0. The predicted octanol–water partition coefficient (Wildman–Crippen LogP) is 1.57. The largest absolute Gasteiger partial charge is 0.478 e. The SMILES string of the molecule is CN1CCCC(NCc2ccc(C(=O)O)cc2)C1. The first-order valence-corrected chi connectivity index (χ1v) is 6.39. The third-order valence-corrected chi connectivity index (χ3v) is 3.42. The molecular formula is C14H20N2O2. The van der Waals surface area contributed by atoms with Gasteiger partial charge < -0.3 is 15.3 Å². The lowest BCUT2D eigenvalue weighted by Crippen LogP contribution is -2.43. The number of piperidine rings is 1. The molecule has 2 N–H and O–H groups in total. The monoisotopic (exact) mass is 248 g/mol. The van der Waals surface area contributed by atoms with Crippen LogP contribution in [0.15, 0.2) is 24.3 Å². The van der Waals surface area contributed by atoms with Crippen molar-refractivity contribution in [3.63, 3.8) is 0 Å². The van der Waals surface area contributed by atoms with Gasteiger partial charge in [-0.2, -0.15) is 0 Å². The van der Waals surface area contributed by atoms with Gasteiger partial charge in [0.25, 0.3) is 0 Å². The maximum absolute atomic E-state index is 10.7. The first kappa shape index (κ1) is 13.1. The molecule has 0 bridgehead atoms. The standard InChI is InChI=1S/C14H20N2O2/c1-16-8-2-3-13(10-16)15-9-11-4-6-12(7-5-11)14(17)18/h4-7,13,15H,2-3,8-10H2,1H3,(H,17,18). The van der Waals surface area contributed by atoms with Crippen molar-refractivity contribution < 1.29 is 9.90 Å². The summed E-state index contributed by atoms with van der Waals surface area (Å²) in [5, 5.41) is 12.3. The molecule has 0 aliphatic carbocycles. The van der Waals surface area contributed by atoms with Crippen molar-refractivity contribution in [2.45, 2.75) is 25.4 Å². The zero-order valence-electron chi connectivity index (χ0n) is 10.7. The van der Waals surface area contributed by atoms with E-state index >= 15 is 0 Å². The fourth-order valence-corrected chi connectivity index (χ4v) is 2.36. The second kappa shape index (κ2) is 5.98. The van der Waals surface area contributed by atoms with Crippen LogP contribution in [0.4, 0.5) is 0 Å². The minimum atomic E-state index is -0.872. The van der Waals surface area contributed by atoms with Gasteiger partial charge in [0.1, 0.15) is 0 Å². The number of carboxylic acids is 1. The number of aromatic carboxylic acids is 1. The molecule has 0 saturated carbocycles. The molecule has 0 aromatic heterocycles. The van der Waals surface area contributed by atoms with E-state index in [1.165, 1.54) is 19.4 Å². The minimum absolute atomic E-state index is 0.344. The highest BCUT2D eigenvalue weighted by Crippen LogP contribution is 2.10. The fraction of sp³-hybridized carbons (Fsp3) is 0.500. The van der Waals surface area contributed by atoms with Crippen LogP contribution in [0.2, 0.25) is 0 Å². The smallest absolute Gasteiger partial charge is 0.335 e. The van der Waals surface area contributed by atoms with Gasteiger partial charge in [-0.3, -0.25) is 0 Å². The molecule has 1 saturated heterocycles. The molecule has 0 amide bonds.